The molecule has 6 heteroatoms. The van der Waals surface area contributed by atoms with Gasteiger partial charge in [0.25, 0.3) is 0 Å². The largest absolute Gasteiger partial charge is 0.489 e. The molecule has 4 nitrogen and oxygen atoms in total. The van der Waals surface area contributed by atoms with E-state index in [0.717, 1.165) is 42.4 Å². The van der Waals surface area contributed by atoms with E-state index in [9.17, 15) is 0 Å². The van der Waals surface area contributed by atoms with Crippen LogP contribution in [0.5, 0.6) is 5.75 Å². The average molecular weight is 392 g/mol. The van der Waals surface area contributed by atoms with Crippen LogP contribution in [0, 0.1) is 0 Å². The summed E-state index contributed by atoms with van der Waals surface area (Å²) in [7, 11) is 0. The Hall–Kier alpha value is -2.01. The number of nitrogens with zero attached hydrogens (tertiary/aromatic N) is 2. The maximum absolute atomic E-state index is 6.16. The average Bonchev–Trinajstić information content (AvgIpc) is 3.15. The molecule has 3 aromatic rings. The highest BCUT2D eigenvalue weighted by molar-refractivity contribution is 6.31. The van der Waals surface area contributed by atoms with Crippen molar-refractivity contribution in [3.05, 3.63) is 83.4 Å². The summed E-state index contributed by atoms with van der Waals surface area (Å²) in [6.07, 6.45) is 6.71. The first-order chi connectivity index (χ1) is 12.3. The van der Waals surface area contributed by atoms with Crippen molar-refractivity contribution in [1.29, 1.82) is 0 Å². The van der Waals surface area contributed by atoms with Gasteiger partial charge in [-0.15, -0.1) is 12.4 Å². The molecular formula is C20H23Cl2N3O. The maximum Gasteiger partial charge on any atom is 0.120 e. The van der Waals surface area contributed by atoms with Gasteiger partial charge in [-0.2, -0.15) is 0 Å². The molecule has 0 atom stereocenters. The Balaban J connectivity index is 0.00000243. The highest BCUT2D eigenvalue weighted by atomic mass is 35.5. The molecule has 26 heavy (non-hydrogen) atoms. The third kappa shape index (κ3) is 6.37. The van der Waals surface area contributed by atoms with Gasteiger partial charge in [-0.05, 0) is 36.7 Å². The SMILES string of the molecule is Cl.Clc1ccccc1COc1cccc(CNCCCn2ccnc2)c1. The summed E-state index contributed by atoms with van der Waals surface area (Å²) in [6, 6.07) is 15.9. The smallest absolute Gasteiger partial charge is 0.120 e. The first-order valence-electron chi connectivity index (χ1n) is 8.43. The lowest BCUT2D eigenvalue weighted by Crippen LogP contribution is -2.16. The minimum Gasteiger partial charge on any atom is -0.489 e. The van der Waals surface area contributed by atoms with Crippen LogP contribution in [0.2, 0.25) is 5.02 Å². The number of halogens is 2. The topological polar surface area (TPSA) is 39.1 Å². The first-order valence-corrected chi connectivity index (χ1v) is 8.81. The lowest BCUT2D eigenvalue weighted by atomic mass is 10.2. The van der Waals surface area contributed by atoms with E-state index >= 15 is 0 Å². The summed E-state index contributed by atoms with van der Waals surface area (Å²) in [6.45, 7) is 3.24. The van der Waals surface area contributed by atoms with E-state index in [1.807, 2.05) is 55.1 Å². The van der Waals surface area contributed by atoms with Crippen molar-refractivity contribution >= 4 is 24.0 Å². The summed E-state index contributed by atoms with van der Waals surface area (Å²) in [5.41, 5.74) is 2.20. The molecule has 2 aromatic carbocycles. The Kier molecular flexibility index (Phi) is 8.48. The fourth-order valence-electron chi connectivity index (χ4n) is 2.56. The zero-order valence-corrected chi connectivity index (χ0v) is 16.0. The molecule has 0 fully saturated rings. The molecule has 1 heterocycles. The van der Waals surface area contributed by atoms with Gasteiger partial charge >= 0.3 is 0 Å². The normalized spacial score (nSPS) is 10.3. The van der Waals surface area contributed by atoms with Gasteiger partial charge in [-0.3, -0.25) is 0 Å². The Morgan fingerprint density at radius 2 is 2.00 bits per heavy atom. The Bertz CT molecular complexity index is 778. The Labute approximate surface area is 165 Å². The standard InChI is InChI=1S/C20H22ClN3O.ClH/c21-20-8-2-1-6-18(20)15-25-19-7-3-5-17(13-19)14-22-9-4-11-24-12-10-23-16-24;/h1-3,5-8,10,12-13,16,22H,4,9,11,14-15H2;1H. The summed E-state index contributed by atoms with van der Waals surface area (Å²) >= 11 is 6.16. The Morgan fingerprint density at radius 1 is 1.12 bits per heavy atom. The van der Waals surface area contributed by atoms with Crippen LogP contribution in [0.25, 0.3) is 0 Å². The molecule has 1 aromatic heterocycles. The van der Waals surface area contributed by atoms with Crippen molar-refractivity contribution in [3.63, 3.8) is 0 Å². The predicted molar refractivity (Wildman–Crippen MR) is 108 cm³/mol. The van der Waals surface area contributed by atoms with Gasteiger partial charge in [0.15, 0.2) is 0 Å². The fourth-order valence-corrected chi connectivity index (χ4v) is 2.75. The highest BCUT2D eigenvalue weighted by Gasteiger charge is 2.01. The van der Waals surface area contributed by atoms with Crippen LogP contribution in [0.4, 0.5) is 0 Å². The highest BCUT2D eigenvalue weighted by Crippen LogP contribution is 2.19. The number of hydrogen-bond donors (Lipinski definition) is 1. The monoisotopic (exact) mass is 391 g/mol. The van der Waals surface area contributed by atoms with E-state index in [1.165, 1.54) is 5.56 Å². The fraction of sp³-hybridized carbons (Fsp3) is 0.250. The third-order valence-electron chi connectivity index (χ3n) is 3.91. The van der Waals surface area contributed by atoms with Crippen molar-refractivity contribution in [2.24, 2.45) is 0 Å². The summed E-state index contributed by atoms with van der Waals surface area (Å²) in [5.74, 6) is 0.859. The summed E-state index contributed by atoms with van der Waals surface area (Å²) < 4.78 is 7.96. The minimum atomic E-state index is 0. The molecule has 0 amide bonds. The number of rotatable bonds is 9. The van der Waals surface area contributed by atoms with Gasteiger partial charge in [0.1, 0.15) is 12.4 Å². The van der Waals surface area contributed by atoms with Crippen LogP contribution in [0.15, 0.2) is 67.3 Å². The molecule has 0 aliphatic carbocycles. The Morgan fingerprint density at radius 3 is 2.81 bits per heavy atom. The zero-order valence-electron chi connectivity index (χ0n) is 14.5. The van der Waals surface area contributed by atoms with Crippen molar-refractivity contribution < 1.29 is 4.74 Å². The van der Waals surface area contributed by atoms with Gasteiger partial charge < -0.3 is 14.6 Å². The number of ether oxygens (including phenoxy) is 1. The lowest BCUT2D eigenvalue weighted by molar-refractivity contribution is 0.306. The predicted octanol–water partition coefficient (Wildman–Crippen LogP) is 4.72. The number of hydrogen-bond acceptors (Lipinski definition) is 3. The van der Waals surface area contributed by atoms with E-state index in [1.54, 1.807) is 0 Å². The minimum absolute atomic E-state index is 0. The molecule has 138 valence electrons. The van der Waals surface area contributed by atoms with Gasteiger partial charge in [-0.1, -0.05) is 41.9 Å². The van der Waals surface area contributed by atoms with Crippen molar-refractivity contribution in [2.45, 2.75) is 26.1 Å². The summed E-state index contributed by atoms with van der Waals surface area (Å²) in [4.78, 5) is 4.04. The van der Waals surface area contributed by atoms with Crippen molar-refractivity contribution in [3.8, 4) is 5.75 Å². The molecule has 0 saturated carbocycles. The maximum atomic E-state index is 6.16. The van der Waals surface area contributed by atoms with Gasteiger partial charge in [-0.25, -0.2) is 4.98 Å². The van der Waals surface area contributed by atoms with E-state index < -0.39 is 0 Å². The third-order valence-corrected chi connectivity index (χ3v) is 4.28. The molecule has 0 aliphatic heterocycles. The molecule has 0 bridgehead atoms. The second-order valence-electron chi connectivity index (χ2n) is 5.86. The van der Waals surface area contributed by atoms with Gasteiger partial charge in [0.05, 0.1) is 6.33 Å². The second-order valence-corrected chi connectivity index (χ2v) is 6.27. The second kappa shape index (κ2) is 10.9. The van der Waals surface area contributed by atoms with Gasteiger partial charge in [0.2, 0.25) is 0 Å². The van der Waals surface area contributed by atoms with E-state index in [0.29, 0.717) is 6.61 Å². The molecule has 3 rings (SSSR count). The molecular weight excluding hydrogens is 369 g/mol. The van der Waals surface area contributed by atoms with Crippen LogP contribution in [0.3, 0.4) is 0 Å². The van der Waals surface area contributed by atoms with Crippen LogP contribution < -0.4 is 10.1 Å². The van der Waals surface area contributed by atoms with E-state index in [2.05, 4.69) is 27.0 Å². The van der Waals surface area contributed by atoms with Crippen LogP contribution in [-0.4, -0.2) is 16.1 Å². The molecule has 0 unspecified atom stereocenters. The number of aromatic nitrogens is 2. The lowest BCUT2D eigenvalue weighted by Gasteiger charge is -2.10. The quantitative estimate of drug-likeness (QED) is 0.536. The number of aryl methyl sites for hydroxylation is 1. The molecule has 0 saturated heterocycles. The van der Waals surface area contributed by atoms with Crippen molar-refractivity contribution in [1.82, 2.24) is 14.9 Å². The molecule has 0 spiro atoms. The van der Waals surface area contributed by atoms with E-state index in [4.69, 9.17) is 16.3 Å². The van der Waals surface area contributed by atoms with Crippen LogP contribution in [-0.2, 0) is 19.7 Å². The number of nitrogens with one attached hydrogen (secondary N) is 1. The number of imidazole rings is 1. The zero-order chi connectivity index (χ0) is 17.3. The van der Waals surface area contributed by atoms with Crippen molar-refractivity contribution in [2.75, 3.05) is 6.54 Å². The van der Waals surface area contributed by atoms with Crippen LogP contribution in [0.1, 0.15) is 17.5 Å². The molecule has 1 N–H and O–H groups in total. The van der Waals surface area contributed by atoms with Gasteiger partial charge in [0, 0.05) is 36.1 Å². The summed E-state index contributed by atoms with van der Waals surface area (Å²) in [5, 5.41) is 4.20. The van der Waals surface area contributed by atoms with E-state index in [-0.39, 0.29) is 12.4 Å². The molecule has 0 radical (unpaired) electrons. The first kappa shape index (κ1) is 20.3. The number of benzene rings is 2. The molecule has 0 aliphatic rings. The van der Waals surface area contributed by atoms with Crippen LogP contribution >= 0.6 is 24.0 Å².